The molecule has 0 aliphatic heterocycles. The number of unbranched alkanes of at least 4 members (excludes halogenated alkanes) is 52. The van der Waals surface area contributed by atoms with Crippen molar-refractivity contribution >= 4 is 39.5 Å². The van der Waals surface area contributed by atoms with Crippen molar-refractivity contribution in [3.8, 4) is 0 Å². The second-order valence-corrected chi connectivity index (χ2v) is 35.3. The number of carbonyl (C=O) groups excluding carboxylic acids is 4. The second kappa shape index (κ2) is 76.1. The number of phosphoric ester groups is 2. The summed E-state index contributed by atoms with van der Waals surface area (Å²) < 4.78 is 68.9. The maximum atomic E-state index is 13.1. The van der Waals surface area contributed by atoms with E-state index in [1.807, 2.05) is 0 Å². The fourth-order valence-corrected chi connectivity index (χ4v) is 14.9. The third-order valence-corrected chi connectivity index (χ3v) is 22.0. The lowest BCUT2D eigenvalue weighted by molar-refractivity contribution is -0.161. The van der Waals surface area contributed by atoms with E-state index in [2.05, 4.69) is 48.5 Å². The van der Waals surface area contributed by atoms with Gasteiger partial charge in [0.05, 0.1) is 26.4 Å². The molecular weight excluding hydrogens is 1370 g/mol. The van der Waals surface area contributed by atoms with Crippen molar-refractivity contribution in [3.63, 3.8) is 0 Å². The topological polar surface area (TPSA) is 237 Å². The van der Waals surface area contributed by atoms with Crippen LogP contribution in [0.1, 0.15) is 453 Å². The van der Waals surface area contributed by atoms with Crippen molar-refractivity contribution in [1.82, 2.24) is 0 Å². The Morgan fingerprint density at radius 3 is 0.648 bits per heavy atom. The van der Waals surface area contributed by atoms with Crippen molar-refractivity contribution in [2.45, 2.75) is 471 Å². The molecule has 2 unspecified atom stereocenters. The van der Waals surface area contributed by atoms with Gasteiger partial charge in [-0.25, -0.2) is 9.13 Å². The fraction of sp³-hybridized carbons (Fsp3) is 0.953. The van der Waals surface area contributed by atoms with Crippen molar-refractivity contribution in [2.24, 2.45) is 17.8 Å². The molecule has 0 spiro atoms. The van der Waals surface area contributed by atoms with Gasteiger partial charge < -0.3 is 33.8 Å². The Kier molecular flexibility index (Phi) is 74.7. The summed E-state index contributed by atoms with van der Waals surface area (Å²) in [6.45, 7) is 12.1. The average molecular weight is 1540 g/mol. The van der Waals surface area contributed by atoms with E-state index in [0.29, 0.717) is 25.7 Å². The Bertz CT molecular complexity index is 2030. The Morgan fingerprint density at radius 2 is 0.438 bits per heavy atom. The lowest BCUT2D eigenvalue weighted by Crippen LogP contribution is -2.30. The Hall–Kier alpha value is -1.94. The van der Waals surface area contributed by atoms with Crippen molar-refractivity contribution in [1.29, 1.82) is 0 Å². The van der Waals surface area contributed by atoms with E-state index in [0.717, 1.165) is 108 Å². The summed E-state index contributed by atoms with van der Waals surface area (Å²) in [6, 6.07) is 0. The van der Waals surface area contributed by atoms with Gasteiger partial charge in [0.15, 0.2) is 12.2 Å². The molecule has 0 saturated heterocycles. The van der Waals surface area contributed by atoms with Gasteiger partial charge in [-0.15, -0.1) is 0 Å². The molecule has 0 amide bonds. The molecule has 0 aromatic rings. The number of ether oxygens (including phenoxy) is 4. The molecule has 0 bridgehead atoms. The highest BCUT2D eigenvalue weighted by Gasteiger charge is 2.30. The van der Waals surface area contributed by atoms with Crippen molar-refractivity contribution in [3.05, 3.63) is 0 Å². The lowest BCUT2D eigenvalue weighted by atomic mass is 10.0. The molecule has 19 heteroatoms. The highest BCUT2D eigenvalue weighted by Crippen LogP contribution is 2.45. The molecule has 0 aromatic heterocycles. The van der Waals surface area contributed by atoms with Crippen LogP contribution in [-0.2, 0) is 65.4 Å². The minimum Gasteiger partial charge on any atom is -0.462 e. The largest absolute Gasteiger partial charge is 0.472 e. The molecule has 0 aromatic carbocycles. The van der Waals surface area contributed by atoms with Crippen LogP contribution in [0.4, 0.5) is 0 Å². The third-order valence-electron chi connectivity index (χ3n) is 20.1. The maximum absolute atomic E-state index is 13.1. The first-order valence-corrected chi connectivity index (χ1v) is 47.3. The number of aliphatic hydroxyl groups excluding tert-OH is 1. The maximum Gasteiger partial charge on any atom is 0.472 e. The molecule has 0 saturated carbocycles. The molecule has 0 aliphatic carbocycles. The number of hydrogen-bond donors (Lipinski definition) is 3. The number of phosphoric acid groups is 2. The molecule has 0 heterocycles. The molecule has 0 radical (unpaired) electrons. The zero-order valence-corrected chi connectivity index (χ0v) is 71.0. The summed E-state index contributed by atoms with van der Waals surface area (Å²) in [4.78, 5) is 73.2. The number of rotatable bonds is 84. The van der Waals surface area contributed by atoms with E-state index in [4.69, 9.17) is 37.0 Å². The van der Waals surface area contributed by atoms with E-state index >= 15 is 0 Å². The highest BCUT2D eigenvalue weighted by molar-refractivity contribution is 7.47. The summed E-state index contributed by atoms with van der Waals surface area (Å²) in [6.07, 6.45) is 66.5. The van der Waals surface area contributed by atoms with Gasteiger partial charge in [-0.2, -0.15) is 0 Å². The minimum absolute atomic E-state index is 0.108. The molecule has 17 nitrogen and oxygen atoms in total. The van der Waals surface area contributed by atoms with Crippen LogP contribution >= 0.6 is 15.6 Å². The number of carbonyl (C=O) groups is 4. The normalized spacial score (nSPS) is 13.9. The van der Waals surface area contributed by atoms with Crippen LogP contribution in [0, 0.1) is 17.8 Å². The van der Waals surface area contributed by atoms with Crippen LogP contribution in [0.3, 0.4) is 0 Å². The summed E-state index contributed by atoms with van der Waals surface area (Å²) >= 11 is 0. The first-order chi connectivity index (χ1) is 50.7. The molecule has 105 heavy (non-hydrogen) atoms. The van der Waals surface area contributed by atoms with Crippen LogP contribution in [0.2, 0.25) is 0 Å². The summed E-state index contributed by atoms with van der Waals surface area (Å²) in [5, 5.41) is 10.7. The zero-order chi connectivity index (χ0) is 77.2. The standard InChI is InChI=1S/C86H168O17P2/c1-8-9-10-11-12-13-29-39-46-53-60-67-83(88)96-73-81(102-86(91)70-63-56-49-42-35-28-22-21-25-32-38-45-52-59-66-79(6)7)75-100-104(92,93)98-71-80(87)72-99-105(94,95)101-76-82(74-97-84(89)68-61-54-47-40-33-26-20-16-18-24-31-37-44-51-58-65-78(4)5)103-85(90)69-62-55-48-41-34-27-19-15-14-17-23-30-36-43-50-57-64-77(2)3/h77-82,87H,8-76H2,1-7H3,(H,92,93)(H,94,95)/t80-,81+,82+/m0/s1. The average Bonchev–Trinajstić information content (AvgIpc) is 0.912. The van der Waals surface area contributed by atoms with Gasteiger partial charge in [0.25, 0.3) is 0 Å². The van der Waals surface area contributed by atoms with Crippen LogP contribution in [0.25, 0.3) is 0 Å². The van der Waals surface area contributed by atoms with E-state index in [-0.39, 0.29) is 25.7 Å². The van der Waals surface area contributed by atoms with E-state index < -0.39 is 97.5 Å². The summed E-state index contributed by atoms with van der Waals surface area (Å²) in [5.74, 6) is 0.308. The van der Waals surface area contributed by atoms with Crippen molar-refractivity contribution < 1.29 is 80.2 Å². The van der Waals surface area contributed by atoms with Crippen LogP contribution in [-0.4, -0.2) is 96.7 Å². The Labute approximate surface area is 645 Å². The predicted octanol–water partition coefficient (Wildman–Crippen LogP) is 26.1. The van der Waals surface area contributed by atoms with Crippen LogP contribution < -0.4 is 0 Å². The van der Waals surface area contributed by atoms with Gasteiger partial charge in [0.1, 0.15) is 19.3 Å². The molecule has 5 atom stereocenters. The second-order valence-electron chi connectivity index (χ2n) is 32.4. The van der Waals surface area contributed by atoms with Crippen LogP contribution in [0.15, 0.2) is 0 Å². The molecule has 0 rings (SSSR count). The van der Waals surface area contributed by atoms with Gasteiger partial charge in [0, 0.05) is 25.7 Å². The summed E-state index contributed by atoms with van der Waals surface area (Å²) in [5.41, 5.74) is 0. The highest BCUT2D eigenvalue weighted by atomic mass is 31.2. The molecule has 3 N–H and O–H groups in total. The zero-order valence-electron chi connectivity index (χ0n) is 69.2. The number of esters is 4. The molecular formula is C86H168O17P2. The Morgan fingerprint density at radius 1 is 0.257 bits per heavy atom. The number of aliphatic hydroxyl groups is 1. The van der Waals surface area contributed by atoms with Gasteiger partial charge in [0.2, 0.25) is 0 Å². The third kappa shape index (κ3) is 79.9. The first kappa shape index (κ1) is 103. The molecule has 0 aliphatic rings. The molecule has 0 fully saturated rings. The van der Waals surface area contributed by atoms with Crippen molar-refractivity contribution in [2.75, 3.05) is 39.6 Å². The smallest absolute Gasteiger partial charge is 0.462 e. The van der Waals surface area contributed by atoms with Gasteiger partial charge in [-0.3, -0.25) is 37.3 Å². The summed E-state index contributed by atoms with van der Waals surface area (Å²) in [7, 11) is -9.93. The Balaban J connectivity index is 5.25. The minimum atomic E-state index is -4.97. The lowest BCUT2D eigenvalue weighted by Gasteiger charge is -2.21. The van der Waals surface area contributed by atoms with E-state index in [9.17, 15) is 43.2 Å². The SMILES string of the molecule is CCCCCCCCCCCCCC(=O)OC[C@H](COP(=O)(O)OC[C@H](O)COP(=O)(O)OC[C@@H](COC(=O)CCCCCCCCCCCCCCCCCC(C)C)OC(=O)CCCCCCCCCCCCCCCCCCC(C)C)OC(=O)CCCCCCCCCCCCCCCCC(C)C. The number of hydrogen-bond acceptors (Lipinski definition) is 15. The van der Waals surface area contributed by atoms with Gasteiger partial charge >= 0.3 is 39.5 Å². The monoisotopic (exact) mass is 1540 g/mol. The van der Waals surface area contributed by atoms with Crippen LogP contribution in [0.5, 0.6) is 0 Å². The van der Waals surface area contributed by atoms with Gasteiger partial charge in [-0.05, 0) is 43.4 Å². The van der Waals surface area contributed by atoms with E-state index in [1.165, 1.54) is 263 Å². The van der Waals surface area contributed by atoms with Gasteiger partial charge in [-0.1, -0.05) is 402 Å². The predicted molar refractivity (Wildman–Crippen MR) is 432 cm³/mol. The first-order valence-electron chi connectivity index (χ1n) is 44.3. The fourth-order valence-electron chi connectivity index (χ4n) is 13.4. The molecule has 624 valence electrons. The van der Waals surface area contributed by atoms with E-state index in [1.54, 1.807) is 0 Å². The quantitative estimate of drug-likeness (QED) is 0.0222.